The zero-order chi connectivity index (χ0) is 19.4. The Balaban J connectivity index is 1.71. The fourth-order valence-electron chi connectivity index (χ4n) is 3.17. The summed E-state index contributed by atoms with van der Waals surface area (Å²) in [5.74, 6) is 1.94. The second-order valence-electron chi connectivity index (χ2n) is 6.32. The van der Waals surface area contributed by atoms with Crippen LogP contribution in [0.1, 0.15) is 36.6 Å². The van der Waals surface area contributed by atoms with Crippen LogP contribution in [0.15, 0.2) is 41.3 Å². The molecule has 2 unspecified atom stereocenters. The molecule has 0 bridgehead atoms. The average molecular weight is 390 g/mol. The van der Waals surface area contributed by atoms with Crippen LogP contribution in [0.3, 0.4) is 0 Å². The number of rotatable bonds is 5. The first-order chi connectivity index (χ1) is 13.0. The van der Waals surface area contributed by atoms with Crippen molar-refractivity contribution in [3.63, 3.8) is 0 Å². The van der Waals surface area contributed by atoms with Gasteiger partial charge in [-0.25, -0.2) is 9.18 Å². The standard InChI is InChI=1S/C20H23FN2O3S/c1-12(15-11-14(25-2)5-6-18(15)26-3)22-20(24)23-17-8-9-27-19-7-4-13(21)10-16(17)19/h4-7,10-12,17H,8-9H2,1-3H3,(H2,22,23,24). The van der Waals surface area contributed by atoms with Gasteiger partial charge in [0.05, 0.1) is 26.3 Å². The SMILES string of the molecule is COc1ccc(OC)c(C(C)NC(=O)NC2CCSc3ccc(F)cc32)c1. The quantitative estimate of drug-likeness (QED) is 0.792. The molecular formula is C20H23FN2O3S. The van der Waals surface area contributed by atoms with Gasteiger partial charge in [-0.2, -0.15) is 0 Å². The molecule has 0 aromatic heterocycles. The highest BCUT2D eigenvalue weighted by molar-refractivity contribution is 7.99. The number of hydrogen-bond donors (Lipinski definition) is 2. The van der Waals surface area contributed by atoms with Gasteiger partial charge in [0.1, 0.15) is 17.3 Å². The number of halogens is 1. The minimum Gasteiger partial charge on any atom is -0.497 e. The summed E-state index contributed by atoms with van der Waals surface area (Å²) in [6, 6.07) is 9.36. The van der Waals surface area contributed by atoms with Gasteiger partial charge in [0.25, 0.3) is 0 Å². The molecule has 2 aromatic carbocycles. The molecule has 0 spiro atoms. The van der Waals surface area contributed by atoms with Gasteiger partial charge in [-0.15, -0.1) is 11.8 Å². The molecule has 2 amide bonds. The van der Waals surface area contributed by atoms with Gasteiger partial charge in [-0.05, 0) is 55.3 Å². The van der Waals surface area contributed by atoms with Gasteiger partial charge in [0.2, 0.25) is 0 Å². The van der Waals surface area contributed by atoms with Crippen molar-refractivity contribution < 1.29 is 18.7 Å². The van der Waals surface area contributed by atoms with E-state index in [9.17, 15) is 9.18 Å². The summed E-state index contributed by atoms with van der Waals surface area (Å²) in [4.78, 5) is 13.6. The predicted molar refractivity (Wildman–Crippen MR) is 104 cm³/mol. The number of nitrogens with one attached hydrogen (secondary N) is 2. The maximum atomic E-state index is 13.6. The van der Waals surface area contributed by atoms with Crippen molar-refractivity contribution in [1.82, 2.24) is 10.6 Å². The maximum Gasteiger partial charge on any atom is 0.315 e. The third-order valence-electron chi connectivity index (χ3n) is 4.57. The molecule has 2 N–H and O–H groups in total. The third-order valence-corrected chi connectivity index (χ3v) is 5.69. The van der Waals surface area contributed by atoms with Gasteiger partial charge < -0.3 is 20.1 Å². The molecule has 0 saturated carbocycles. The lowest BCUT2D eigenvalue weighted by atomic mass is 10.0. The molecular weight excluding hydrogens is 367 g/mol. The smallest absolute Gasteiger partial charge is 0.315 e. The van der Waals surface area contributed by atoms with E-state index in [0.717, 1.165) is 28.2 Å². The Morgan fingerprint density at radius 2 is 2.04 bits per heavy atom. The first-order valence-electron chi connectivity index (χ1n) is 8.73. The monoisotopic (exact) mass is 390 g/mol. The maximum absolute atomic E-state index is 13.6. The van der Waals surface area contributed by atoms with E-state index in [1.54, 1.807) is 38.1 Å². The van der Waals surface area contributed by atoms with Crippen molar-refractivity contribution in [2.75, 3.05) is 20.0 Å². The molecule has 2 aromatic rings. The van der Waals surface area contributed by atoms with Gasteiger partial charge >= 0.3 is 6.03 Å². The lowest BCUT2D eigenvalue weighted by molar-refractivity contribution is 0.233. The molecule has 5 nitrogen and oxygen atoms in total. The molecule has 0 saturated heterocycles. The number of ether oxygens (including phenoxy) is 2. The normalized spacial score (nSPS) is 16.8. The van der Waals surface area contributed by atoms with Crippen molar-refractivity contribution >= 4 is 17.8 Å². The topological polar surface area (TPSA) is 59.6 Å². The minimum absolute atomic E-state index is 0.212. The summed E-state index contributed by atoms with van der Waals surface area (Å²) in [6.45, 7) is 1.88. The van der Waals surface area contributed by atoms with E-state index >= 15 is 0 Å². The largest absolute Gasteiger partial charge is 0.497 e. The number of fused-ring (bicyclic) bond motifs is 1. The van der Waals surface area contributed by atoms with Crippen molar-refractivity contribution in [2.45, 2.75) is 30.3 Å². The highest BCUT2D eigenvalue weighted by atomic mass is 32.2. The van der Waals surface area contributed by atoms with E-state index in [-0.39, 0.29) is 23.9 Å². The highest BCUT2D eigenvalue weighted by Gasteiger charge is 2.24. The second kappa shape index (κ2) is 8.52. The molecule has 0 aliphatic carbocycles. The van der Waals surface area contributed by atoms with Gasteiger partial charge in [0, 0.05) is 16.2 Å². The van der Waals surface area contributed by atoms with Crippen LogP contribution in [0.4, 0.5) is 9.18 Å². The van der Waals surface area contributed by atoms with Crippen molar-refractivity contribution in [2.24, 2.45) is 0 Å². The number of carbonyl (C=O) groups excluding carboxylic acids is 1. The lowest BCUT2D eigenvalue weighted by Crippen LogP contribution is -2.40. The van der Waals surface area contributed by atoms with Gasteiger partial charge in [0.15, 0.2) is 0 Å². The summed E-state index contributed by atoms with van der Waals surface area (Å²) >= 11 is 1.68. The number of carbonyl (C=O) groups is 1. The molecule has 7 heteroatoms. The molecule has 0 radical (unpaired) electrons. The second-order valence-corrected chi connectivity index (χ2v) is 7.46. The van der Waals surface area contributed by atoms with E-state index in [2.05, 4.69) is 10.6 Å². The van der Waals surface area contributed by atoms with E-state index in [1.807, 2.05) is 19.1 Å². The van der Waals surface area contributed by atoms with Crippen LogP contribution in [-0.2, 0) is 0 Å². The number of benzene rings is 2. The first kappa shape index (κ1) is 19.4. The molecule has 2 atom stereocenters. The Morgan fingerprint density at radius 1 is 1.22 bits per heavy atom. The molecule has 27 heavy (non-hydrogen) atoms. The number of thioether (sulfide) groups is 1. The number of amides is 2. The molecule has 1 aliphatic heterocycles. The lowest BCUT2D eigenvalue weighted by Gasteiger charge is -2.27. The molecule has 1 aliphatic rings. The van der Waals surface area contributed by atoms with Crippen LogP contribution in [-0.4, -0.2) is 26.0 Å². The Labute approximate surface area is 162 Å². The molecule has 1 heterocycles. The Morgan fingerprint density at radius 3 is 2.78 bits per heavy atom. The van der Waals surface area contributed by atoms with E-state index in [4.69, 9.17) is 9.47 Å². The predicted octanol–water partition coefficient (Wildman–Crippen LogP) is 4.44. The summed E-state index contributed by atoms with van der Waals surface area (Å²) in [7, 11) is 3.18. The van der Waals surface area contributed by atoms with Crippen molar-refractivity contribution in [3.8, 4) is 11.5 Å². The Bertz CT molecular complexity index is 831. The van der Waals surface area contributed by atoms with E-state index in [0.29, 0.717) is 11.5 Å². The fourth-order valence-corrected chi connectivity index (χ4v) is 4.27. The number of hydrogen-bond acceptors (Lipinski definition) is 4. The third kappa shape index (κ3) is 4.47. The van der Waals surface area contributed by atoms with Crippen LogP contribution >= 0.6 is 11.8 Å². The minimum atomic E-state index is -0.306. The van der Waals surface area contributed by atoms with Crippen molar-refractivity contribution in [1.29, 1.82) is 0 Å². The molecule has 0 fully saturated rings. The molecule has 144 valence electrons. The summed E-state index contributed by atoms with van der Waals surface area (Å²) in [5.41, 5.74) is 1.64. The van der Waals surface area contributed by atoms with Crippen LogP contribution in [0.2, 0.25) is 0 Å². The number of urea groups is 1. The van der Waals surface area contributed by atoms with E-state index < -0.39 is 0 Å². The first-order valence-corrected chi connectivity index (χ1v) is 9.71. The summed E-state index contributed by atoms with van der Waals surface area (Å²) in [6.07, 6.45) is 0.755. The van der Waals surface area contributed by atoms with Gasteiger partial charge in [-0.3, -0.25) is 0 Å². The molecule has 3 rings (SSSR count). The zero-order valence-electron chi connectivity index (χ0n) is 15.5. The summed E-state index contributed by atoms with van der Waals surface area (Å²) in [5, 5.41) is 5.90. The Hall–Kier alpha value is -2.41. The fraction of sp³-hybridized carbons (Fsp3) is 0.350. The highest BCUT2D eigenvalue weighted by Crippen LogP contribution is 2.36. The zero-order valence-corrected chi connectivity index (χ0v) is 16.4. The van der Waals surface area contributed by atoms with Crippen LogP contribution in [0.5, 0.6) is 11.5 Å². The Kier molecular flexibility index (Phi) is 6.11. The van der Waals surface area contributed by atoms with Crippen molar-refractivity contribution in [3.05, 3.63) is 53.3 Å². The van der Waals surface area contributed by atoms with Crippen LogP contribution < -0.4 is 20.1 Å². The van der Waals surface area contributed by atoms with Gasteiger partial charge in [-0.1, -0.05) is 0 Å². The summed E-state index contributed by atoms with van der Waals surface area (Å²) < 4.78 is 24.3. The number of methoxy groups -OCH3 is 2. The van der Waals surface area contributed by atoms with Crippen LogP contribution in [0, 0.1) is 5.82 Å². The van der Waals surface area contributed by atoms with Crippen LogP contribution in [0.25, 0.3) is 0 Å². The average Bonchev–Trinajstić information content (AvgIpc) is 2.67. The van der Waals surface area contributed by atoms with E-state index in [1.165, 1.54) is 12.1 Å².